The molecule has 1 aliphatic rings. The fourth-order valence-electron chi connectivity index (χ4n) is 1.53. The topological polar surface area (TPSA) is 18.5 Å². The van der Waals surface area contributed by atoms with Crippen molar-refractivity contribution in [3.05, 3.63) is 55.3 Å². The number of benzene rings is 1. The van der Waals surface area contributed by atoms with E-state index in [9.17, 15) is 0 Å². The summed E-state index contributed by atoms with van der Waals surface area (Å²) in [6.07, 6.45) is 4.47. The summed E-state index contributed by atoms with van der Waals surface area (Å²) in [6.45, 7) is 3.85. The highest BCUT2D eigenvalue weighted by molar-refractivity contribution is 5.17. The van der Waals surface area contributed by atoms with Gasteiger partial charge >= 0.3 is 0 Å². The van der Waals surface area contributed by atoms with Crippen molar-refractivity contribution in [2.45, 2.75) is 18.6 Å². The van der Waals surface area contributed by atoms with Crippen LogP contribution in [0.3, 0.4) is 0 Å². The van der Waals surface area contributed by atoms with Gasteiger partial charge in [-0.3, -0.25) is 0 Å². The third-order valence-corrected chi connectivity index (χ3v) is 2.32. The van der Waals surface area contributed by atoms with E-state index < -0.39 is 5.79 Å². The summed E-state index contributed by atoms with van der Waals surface area (Å²) >= 11 is 0. The minimum absolute atomic E-state index is 0.582. The van der Waals surface area contributed by atoms with Gasteiger partial charge in [-0.15, -0.1) is 0 Å². The average molecular weight is 189 g/mol. The van der Waals surface area contributed by atoms with E-state index >= 15 is 0 Å². The van der Waals surface area contributed by atoms with Crippen LogP contribution < -0.4 is 0 Å². The Kier molecular flexibility index (Phi) is 2.44. The first-order valence-corrected chi connectivity index (χ1v) is 4.68. The smallest absolute Gasteiger partial charge is 0.253 e. The molecule has 0 N–H and O–H groups in total. The van der Waals surface area contributed by atoms with Gasteiger partial charge in [-0.05, 0) is 12.5 Å². The first kappa shape index (κ1) is 9.13. The van der Waals surface area contributed by atoms with Crippen LogP contribution in [0.5, 0.6) is 0 Å². The second-order valence-electron chi connectivity index (χ2n) is 3.33. The molecule has 1 heterocycles. The first-order valence-electron chi connectivity index (χ1n) is 4.68. The quantitative estimate of drug-likeness (QED) is 0.727. The Morgan fingerprint density at radius 1 is 1.07 bits per heavy atom. The van der Waals surface area contributed by atoms with Crippen molar-refractivity contribution in [3.63, 3.8) is 0 Å². The van der Waals surface area contributed by atoms with Crippen molar-refractivity contribution in [2.75, 3.05) is 0 Å². The molecule has 1 aromatic rings. The molecule has 0 aromatic heterocycles. The van der Waals surface area contributed by atoms with Crippen molar-refractivity contribution in [2.24, 2.45) is 0 Å². The van der Waals surface area contributed by atoms with Crippen LogP contribution in [-0.4, -0.2) is 5.79 Å². The average Bonchev–Trinajstić information content (AvgIpc) is 2.69. The van der Waals surface area contributed by atoms with Crippen LogP contribution in [0.15, 0.2) is 42.9 Å². The fraction of sp³-hybridized carbons (Fsp3) is 0.250. The Hall–Kier alpha value is -1.44. The van der Waals surface area contributed by atoms with Gasteiger partial charge in [0.1, 0.15) is 12.5 Å². The Balaban J connectivity index is 2.09. The lowest BCUT2D eigenvalue weighted by Gasteiger charge is -2.26. The van der Waals surface area contributed by atoms with E-state index in [1.807, 2.05) is 18.2 Å². The number of ether oxygens (including phenoxy) is 2. The maximum Gasteiger partial charge on any atom is 0.253 e. The molecule has 1 radical (unpaired) electrons. The second kappa shape index (κ2) is 3.74. The molecule has 14 heavy (non-hydrogen) atoms. The zero-order valence-corrected chi connectivity index (χ0v) is 7.98. The molecule has 0 saturated carbocycles. The summed E-state index contributed by atoms with van der Waals surface area (Å²) in [6, 6.07) is 10.1. The van der Waals surface area contributed by atoms with E-state index in [4.69, 9.17) is 9.47 Å². The normalized spacial score (nSPS) is 17.5. The SMILES string of the molecule is [CH2]CC1(Cc2ccccc2)OC=CO1. The van der Waals surface area contributed by atoms with Crippen LogP contribution in [0.25, 0.3) is 0 Å². The molecule has 0 amide bonds. The van der Waals surface area contributed by atoms with Gasteiger partial charge in [0.15, 0.2) is 0 Å². The zero-order chi connectivity index (χ0) is 9.86. The van der Waals surface area contributed by atoms with Gasteiger partial charge in [-0.1, -0.05) is 30.3 Å². The Morgan fingerprint density at radius 3 is 2.29 bits per heavy atom. The second-order valence-corrected chi connectivity index (χ2v) is 3.33. The lowest BCUT2D eigenvalue weighted by atomic mass is 10.0. The third kappa shape index (κ3) is 1.74. The summed E-state index contributed by atoms with van der Waals surface area (Å²) < 4.78 is 10.9. The predicted molar refractivity (Wildman–Crippen MR) is 54.2 cm³/mol. The molecule has 1 aromatic carbocycles. The Morgan fingerprint density at radius 2 is 1.71 bits per heavy atom. The van der Waals surface area contributed by atoms with Gasteiger partial charge in [-0.25, -0.2) is 0 Å². The largest absolute Gasteiger partial charge is 0.456 e. The van der Waals surface area contributed by atoms with Gasteiger partial charge in [0.05, 0.1) is 0 Å². The van der Waals surface area contributed by atoms with Crippen LogP contribution in [0.1, 0.15) is 12.0 Å². The van der Waals surface area contributed by atoms with Gasteiger partial charge in [0.2, 0.25) is 0 Å². The Labute approximate surface area is 84.2 Å². The molecular weight excluding hydrogens is 176 g/mol. The lowest BCUT2D eigenvalue weighted by Crippen LogP contribution is -2.31. The summed E-state index contributed by atoms with van der Waals surface area (Å²) in [7, 11) is 0. The minimum atomic E-state index is -0.582. The highest BCUT2D eigenvalue weighted by Gasteiger charge is 2.33. The van der Waals surface area contributed by atoms with E-state index in [1.54, 1.807) is 12.5 Å². The van der Waals surface area contributed by atoms with Crippen LogP contribution in [-0.2, 0) is 15.9 Å². The van der Waals surface area contributed by atoms with Gasteiger partial charge < -0.3 is 9.47 Å². The highest BCUT2D eigenvalue weighted by atomic mass is 16.7. The molecule has 0 saturated heterocycles. The summed E-state index contributed by atoms with van der Waals surface area (Å²) in [4.78, 5) is 0. The van der Waals surface area contributed by atoms with E-state index in [0.29, 0.717) is 6.42 Å². The summed E-state index contributed by atoms with van der Waals surface area (Å²) in [5.74, 6) is -0.582. The molecule has 0 fully saturated rings. The van der Waals surface area contributed by atoms with Gasteiger partial charge in [0, 0.05) is 12.8 Å². The van der Waals surface area contributed by atoms with Crippen molar-refractivity contribution >= 4 is 0 Å². The number of rotatable bonds is 3. The van der Waals surface area contributed by atoms with Gasteiger partial charge in [-0.2, -0.15) is 0 Å². The molecule has 2 nitrogen and oxygen atoms in total. The van der Waals surface area contributed by atoms with E-state index in [1.165, 1.54) is 5.56 Å². The van der Waals surface area contributed by atoms with Crippen molar-refractivity contribution in [3.8, 4) is 0 Å². The summed E-state index contributed by atoms with van der Waals surface area (Å²) in [5, 5.41) is 0. The minimum Gasteiger partial charge on any atom is -0.456 e. The molecule has 0 spiro atoms. The maximum atomic E-state index is 5.43. The molecule has 0 bridgehead atoms. The highest BCUT2D eigenvalue weighted by Crippen LogP contribution is 2.27. The fourth-order valence-corrected chi connectivity index (χ4v) is 1.53. The predicted octanol–water partition coefficient (Wildman–Crippen LogP) is 2.67. The number of hydrogen-bond acceptors (Lipinski definition) is 2. The monoisotopic (exact) mass is 189 g/mol. The Bertz CT molecular complexity index is 308. The molecule has 73 valence electrons. The number of hydrogen-bond donors (Lipinski definition) is 0. The molecule has 2 heteroatoms. The summed E-state index contributed by atoms with van der Waals surface area (Å²) in [5.41, 5.74) is 1.19. The van der Waals surface area contributed by atoms with Crippen LogP contribution >= 0.6 is 0 Å². The van der Waals surface area contributed by atoms with E-state index in [2.05, 4.69) is 19.1 Å². The molecule has 0 aliphatic carbocycles. The van der Waals surface area contributed by atoms with E-state index in [0.717, 1.165) is 6.42 Å². The molecule has 2 rings (SSSR count). The molecule has 0 atom stereocenters. The zero-order valence-electron chi connectivity index (χ0n) is 7.98. The molecule has 1 aliphatic heterocycles. The standard InChI is InChI=1S/C12H13O2/c1-2-12(13-8-9-14-12)10-11-6-4-3-5-7-11/h3-9H,1-2,10H2. The lowest BCUT2D eigenvalue weighted by molar-refractivity contribution is -0.137. The van der Waals surface area contributed by atoms with Crippen LogP contribution in [0.4, 0.5) is 0 Å². The van der Waals surface area contributed by atoms with Gasteiger partial charge in [0.25, 0.3) is 5.79 Å². The molecular formula is C12H13O2. The molecule has 0 unspecified atom stereocenters. The third-order valence-electron chi connectivity index (χ3n) is 2.32. The van der Waals surface area contributed by atoms with Crippen molar-refractivity contribution < 1.29 is 9.47 Å². The van der Waals surface area contributed by atoms with E-state index in [-0.39, 0.29) is 0 Å². The van der Waals surface area contributed by atoms with Crippen LogP contribution in [0, 0.1) is 6.92 Å². The van der Waals surface area contributed by atoms with Crippen molar-refractivity contribution in [1.82, 2.24) is 0 Å². The van der Waals surface area contributed by atoms with Crippen LogP contribution in [0.2, 0.25) is 0 Å². The first-order chi connectivity index (χ1) is 6.85. The van der Waals surface area contributed by atoms with Crippen molar-refractivity contribution in [1.29, 1.82) is 0 Å². The maximum absolute atomic E-state index is 5.43.